The second kappa shape index (κ2) is 11.3. The summed E-state index contributed by atoms with van der Waals surface area (Å²) in [4.78, 5) is 18.5. The zero-order valence-corrected chi connectivity index (χ0v) is 18.9. The number of aliphatic imine (C=N–C) groups is 1. The summed E-state index contributed by atoms with van der Waals surface area (Å²) in [5.74, 6) is 0.707. The van der Waals surface area contributed by atoms with Gasteiger partial charge in [-0.2, -0.15) is 0 Å². The molecule has 0 amide bonds. The van der Waals surface area contributed by atoms with Crippen LogP contribution in [0, 0.1) is 0 Å². The molecule has 7 nitrogen and oxygen atoms in total. The molecule has 3 heterocycles. The molecule has 2 aliphatic rings. The first-order valence-corrected chi connectivity index (χ1v) is 10.2. The zero-order valence-electron chi connectivity index (χ0n) is 15.7. The molecule has 1 aromatic rings. The summed E-state index contributed by atoms with van der Waals surface area (Å²) in [7, 11) is 2.20. The van der Waals surface area contributed by atoms with Gasteiger partial charge in [-0.1, -0.05) is 0 Å². The Kier molecular flexibility index (Phi) is 9.37. The lowest BCUT2D eigenvalue weighted by molar-refractivity contribution is 0.152. The largest absolute Gasteiger partial charge is 0.370 e. The zero-order chi connectivity index (χ0) is 17.5. The van der Waals surface area contributed by atoms with E-state index in [0.717, 1.165) is 44.3 Å². The molecule has 0 aliphatic carbocycles. The maximum absolute atomic E-state index is 6.18. The second-order valence-electron chi connectivity index (χ2n) is 6.88. The van der Waals surface area contributed by atoms with E-state index in [-0.39, 0.29) is 24.0 Å². The molecule has 0 spiro atoms. The van der Waals surface area contributed by atoms with Crippen LogP contribution in [0.3, 0.4) is 0 Å². The van der Waals surface area contributed by atoms with Gasteiger partial charge in [-0.25, -0.2) is 4.98 Å². The highest BCUT2D eigenvalue weighted by Crippen LogP contribution is 2.18. The van der Waals surface area contributed by atoms with Crippen molar-refractivity contribution in [2.24, 2.45) is 10.7 Å². The monoisotopic (exact) mass is 493 g/mol. The van der Waals surface area contributed by atoms with Gasteiger partial charge in [-0.3, -0.25) is 4.99 Å². The molecule has 2 N–H and O–H groups in total. The van der Waals surface area contributed by atoms with Crippen LogP contribution in [0.25, 0.3) is 0 Å². The summed E-state index contributed by atoms with van der Waals surface area (Å²) < 4.78 is 0. The molecule has 0 unspecified atom stereocenters. The fraction of sp³-hybridized carbons (Fsp3) is 0.765. The van der Waals surface area contributed by atoms with Gasteiger partial charge < -0.3 is 25.3 Å². The van der Waals surface area contributed by atoms with E-state index in [0.29, 0.717) is 5.96 Å². The molecule has 2 fully saturated rings. The molecule has 2 saturated heterocycles. The van der Waals surface area contributed by atoms with E-state index in [1.165, 1.54) is 39.1 Å². The number of hydrogen-bond donors (Lipinski definition) is 1. The third kappa shape index (κ3) is 6.50. The van der Waals surface area contributed by atoms with Crippen LogP contribution in [0.2, 0.25) is 0 Å². The van der Waals surface area contributed by atoms with E-state index < -0.39 is 0 Å². The van der Waals surface area contributed by atoms with Crippen molar-refractivity contribution in [2.75, 3.05) is 77.4 Å². The van der Waals surface area contributed by atoms with Crippen LogP contribution in [0.15, 0.2) is 16.6 Å². The Morgan fingerprint density at radius 3 is 2.50 bits per heavy atom. The molecule has 0 aromatic carbocycles. The maximum Gasteiger partial charge on any atom is 0.191 e. The Morgan fingerprint density at radius 1 is 1.12 bits per heavy atom. The number of nitrogens with zero attached hydrogens (tertiary/aromatic N) is 6. The Labute approximate surface area is 178 Å². The third-order valence-electron chi connectivity index (χ3n) is 5.05. The number of likely N-dealkylation sites (N-methyl/N-ethyl adjacent to an activating group) is 1. The standard InChI is InChI=1S/C17H31N7S.HI/c1-21-7-9-22(10-8-21)6-3-2-4-19-16(18)23-11-13-24(14-12-23)17-20-5-15-25-17;/h5,15H,2-4,6-14H2,1H3,(H2,18,19);1H. The topological polar surface area (TPSA) is 64.2 Å². The van der Waals surface area contributed by atoms with Crippen LogP contribution in [0.1, 0.15) is 12.8 Å². The number of nitrogens with two attached hydrogens (primary N) is 1. The van der Waals surface area contributed by atoms with Gasteiger partial charge >= 0.3 is 0 Å². The van der Waals surface area contributed by atoms with Gasteiger partial charge in [0.15, 0.2) is 11.1 Å². The Hall–Kier alpha value is -0.650. The molecule has 2 aliphatic heterocycles. The second-order valence-corrected chi connectivity index (χ2v) is 7.75. The van der Waals surface area contributed by atoms with E-state index in [1.807, 2.05) is 11.6 Å². The van der Waals surface area contributed by atoms with Gasteiger partial charge in [0.1, 0.15) is 0 Å². The van der Waals surface area contributed by atoms with Crippen molar-refractivity contribution in [2.45, 2.75) is 12.8 Å². The highest BCUT2D eigenvalue weighted by molar-refractivity contribution is 14.0. The van der Waals surface area contributed by atoms with Crippen LogP contribution in [-0.2, 0) is 0 Å². The van der Waals surface area contributed by atoms with E-state index in [1.54, 1.807) is 11.3 Å². The fourth-order valence-electron chi connectivity index (χ4n) is 3.31. The summed E-state index contributed by atoms with van der Waals surface area (Å²) in [6.07, 6.45) is 4.19. The number of aromatic nitrogens is 1. The van der Waals surface area contributed by atoms with Gasteiger partial charge in [0.2, 0.25) is 0 Å². The number of piperazine rings is 2. The molecular formula is C17H32IN7S. The first-order chi connectivity index (χ1) is 12.2. The Bertz CT molecular complexity index is 523. The Balaban J connectivity index is 0.00000243. The first-order valence-electron chi connectivity index (χ1n) is 9.32. The van der Waals surface area contributed by atoms with E-state index in [2.05, 4.69) is 36.6 Å². The molecule has 0 atom stereocenters. The lowest BCUT2D eigenvalue weighted by Gasteiger charge is -2.35. The molecule has 148 valence electrons. The number of guanidine groups is 1. The van der Waals surface area contributed by atoms with Crippen molar-refractivity contribution in [1.82, 2.24) is 19.7 Å². The predicted molar refractivity (Wildman–Crippen MR) is 121 cm³/mol. The molecule has 1 aromatic heterocycles. The van der Waals surface area contributed by atoms with Crippen molar-refractivity contribution < 1.29 is 0 Å². The molecule has 0 saturated carbocycles. The number of rotatable bonds is 6. The third-order valence-corrected chi connectivity index (χ3v) is 5.88. The summed E-state index contributed by atoms with van der Waals surface area (Å²) in [5.41, 5.74) is 6.18. The number of unbranched alkanes of at least 4 members (excludes halogenated alkanes) is 1. The lowest BCUT2D eigenvalue weighted by Crippen LogP contribution is -2.51. The molecule has 3 rings (SSSR count). The van der Waals surface area contributed by atoms with Crippen molar-refractivity contribution in [3.8, 4) is 0 Å². The molecule has 9 heteroatoms. The predicted octanol–water partition coefficient (Wildman–Crippen LogP) is 1.23. The smallest absolute Gasteiger partial charge is 0.191 e. The highest BCUT2D eigenvalue weighted by Gasteiger charge is 2.19. The van der Waals surface area contributed by atoms with Crippen molar-refractivity contribution in [1.29, 1.82) is 0 Å². The maximum atomic E-state index is 6.18. The summed E-state index contributed by atoms with van der Waals surface area (Å²) in [6, 6.07) is 0. The average Bonchev–Trinajstić information content (AvgIpc) is 3.18. The van der Waals surface area contributed by atoms with Crippen molar-refractivity contribution >= 4 is 46.4 Å². The van der Waals surface area contributed by atoms with Gasteiger partial charge in [0, 0.05) is 70.5 Å². The number of anilines is 1. The first kappa shape index (κ1) is 21.6. The van der Waals surface area contributed by atoms with Gasteiger partial charge in [0.05, 0.1) is 0 Å². The Morgan fingerprint density at radius 2 is 1.85 bits per heavy atom. The SMILES string of the molecule is CN1CCN(CCCCN=C(N)N2CCN(c3nccs3)CC2)CC1.I. The number of halogens is 1. The van der Waals surface area contributed by atoms with Crippen molar-refractivity contribution in [3.63, 3.8) is 0 Å². The van der Waals surface area contributed by atoms with Gasteiger partial charge in [-0.15, -0.1) is 35.3 Å². The minimum atomic E-state index is 0. The number of hydrogen-bond acceptors (Lipinski definition) is 6. The normalized spacial score (nSPS) is 20.3. The summed E-state index contributed by atoms with van der Waals surface area (Å²) in [6.45, 7) is 10.6. The molecular weight excluding hydrogens is 461 g/mol. The molecule has 0 bridgehead atoms. The van der Waals surface area contributed by atoms with Crippen LogP contribution in [0.5, 0.6) is 0 Å². The van der Waals surface area contributed by atoms with E-state index >= 15 is 0 Å². The minimum absolute atomic E-state index is 0. The van der Waals surface area contributed by atoms with Gasteiger partial charge in [0.25, 0.3) is 0 Å². The molecule has 26 heavy (non-hydrogen) atoms. The van der Waals surface area contributed by atoms with E-state index in [4.69, 9.17) is 5.73 Å². The molecule has 0 radical (unpaired) electrons. The quantitative estimate of drug-likeness (QED) is 0.279. The van der Waals surface area contributed by atoms with Crippen molar-refractivity contribution in [3.05, 3.63) is 11.6 Å². The van der Waals surface area contributed by atoms with Crippen LogP contribution in [0.4, 0.5) is 5.13 Å². The van der Waals surface area contributed by atoms with E-state index in [9.17, 15) is 0 Å². The average molecular weight is 493 g/mol. The fourth-order valence-corrected chi connectivity index (χ4v) is 4.01. The van der Waals surface area contributed by atoms with Crippen LogP contribution >= 0.6 is 35.3 Å². The summed E-state index contributed by atoms with van der Waals surface area (Å²) >= 11 is 1.70. The minimum Gasteiger partial charge on any atom is -0.370 e. The van der Waals surface area contributed by atoms with Crippen LogP contribution < -0.4 is 10.6 Å². The summed E-state index contributed by atoms with van der Waals surface area (Å²) in [5, 5.41) is 3.14. The van der Waals surface area contributed by atoms with Crippen LogP contribution in [-0.4, -0.2) is 98.1 Å². The highest BCUT2D eigenvalue weighted by atomic mass is 127. The lowest BCUT2D eigenvalue weighted by atomic mass is 10.2. The van der Waals surface area contributed by atoms with Gasteiger partial charge in [-0.05, 0) is 26.4 Å². The number of thiazole rings is 1.